The van der Waals surface area contributed by atoms with Crippen molar-refractivity contribution in [1.82, 2.24) is 9.88 Å². The van der Waals surface area contributed by atoms with Crippen molar-refractivity contribution in [2.45, 2.75) is 39.5 Å². The fraction of sp³-hybridized carbons (Fsp3) is 0.333. The van der Waals surface area contributed by atoms with Gasteiger partial charge in [0.2, 0.25) is 5.91 Å². The summed E-state index contributed by atoms with van der Waals surface area (Å²) in [6.45, 7) is 4.29. The Morgan fingerprint density at radius 1 is 1.17 bits per heavy atom. The first-order valence-electron chi connectivity index (χ1n) is 7.74. The second kappa shape index (κ2) is 5.92. The van der Waals surface area contributed by atoms with Gasteiger partial charge >= 0.3 is 6.18 Å². The first-order chi connectivity index (χ1) is 11.3. The van der Waals surface area contributed by atoms with Crippen LogP contribution in [-0.2, 0) is 24.1 Å². The largest absolute Gasteiger partial charge is 0.433 e. The molecule has 0 unspecified atom stereocenters. The zero-order chi connectivity index (χ0) is 17.5. The number of hydrogen-bond donors (Lipinski definition) is 0. The first kappa shape index (κ1) is 16.5. The van der Waals surface area contributed by atoms with Crippen LogP contribution in [0.15, 0.2) is 30.3 Å². The standard InChI is InChI=1S/C18H17F3N2O/c1-3-16(24)23-9-13-6-5-12(8-14(13)10-23)15-7-4-11(2)22-17(15)18(19,20)21/h4-8H,3,9-10H2,1-2H3. The summed E-state index contributed by atoms with van der Waals surface area (Å²) in [4.78, 5) is 17.2. The quantitative estimate of drug-likeness (QED) is 0.819. The van der Waals surface area contributed by atoms with Crippen LogP contribution in [0.25, 0.3) is 11.1 Å². The molecule has 2 aromatic rings. The van der Waals surface area contributed by atoms with Gasteiger partial charge < -0.3 is 4.90 Å². The molecule has 0 saturated carbocycles. The van der Waals surface area contributed by atoms with Crippen molar-refractivity contribution in [2.24, 2.45) is 0 Å². The molecule has 0 atom stereocenters. The minimum atomic E-state index is -4.51. The zero-order valence-corrected chi connectivity index (χ0v) is 13.4. The average molecular weight is 334 g/mol. The normalized spacial score (nSPS) is 14.0. The van der Waals surface area contributed by atoms with E-state index in [0.29, 0.717) is 30.8 Å². The number of amides is 1. The molecule has 126 valence electrons. The summed E-state index contributed by atoms with van der Waals surface area (Å²) in [7, 11) is 0. The van der Waals surface area contributed by atoms with E-state index in [1.54, 1.807) is 36.1 Å². The Balaban J connectivity index is 2.01. The molecule has 1 amide bonds. The van der Waals surface area contributed by atoms with Gasteiger partial charge in [-0.3, -0.25) is 4.79 Å². The Kier molecular flexibility index (Phi) is 4.07. The smallest absolute Gasteiger partial charge is 0.334 e. The van der Waals surface area contributed by atoms with Crippen LogP contribution in [-0.4, -0.2) is 15.8 Å². The van der Waals surface area contributed by atoms with E-state index in [4.69, 9.17) is 0 Å². The van der Waals surface area contributed by atoms with Gasteiger partial charge in [-0.1, -0.05) is 25.1 Å². The lowest BCUT2D eigenvalue weighted by molar-refractivity contribution is -0.140. The highest BCUT2D eigenvalue weighted by Crippen LogP contribution is 2.37. The summed E-state index contributed by atoms with van der Waals surface area (Å²) in [5.41, 5.74) is 1.86. The van der Waals surface area contributed by atoms with Crippen LogP contribution in [0.1, 0.15) is 35.9 Å². The van der Waals surface area contributed by atoms with Gasteiger partial charge in [0, 0.05) is 30.8 Å². The van der Waals surface area contributed by atoms with Crippen molar-refractivity contribution in [3.8, 4) is 11.1 Å². The second-order valence-corrected chi connectivity index (χ2v) is 5.93. The van der Waals surface area contributed by atoms with Crippen LogP contribution in [0.2, 0.25) is 0 Å². The summed E-state index contributed by atoms with van der Waals surface area (Å²) in [6.07, 6.45) is -4.09. The first-order valence-corrected chi connectivity index (χ1v) is 7.74. The molecule has 1 aliphatic heterocycles. The van der Waals surface area contributed by atoms with E-state index >= 15 is 0 Å². The fourth-order valence-corrected chi connectivity index (χ4v) is 2.97. The summed E-state index contributed by atoms with van der Waals surface area (Å²) < 4.78 is 39.9. The number of halogens is 3. The predicted octanol–water partition coefficient (Wildman–Crippen LogP) is 4.33. The maximum atomic E-state index is 13.3. The summed E-state index contributed by atoms with van der Waals surface area (Å²) in [5.74, 6) is 0.0423. The number of alkyl halides is 3. The Hall–Kier alpha value is -2.37. The number of nitrogens with zero attached hydrogens (tertiary/aromatic N) is 2. The Labute approximate surface area is 138 Å². The van der Waals surface area contributed by atoms with Crippen LogP contribution in [0.3, 0.4) is 0 Å². The van der Waals surface area contributed by atoms with E-state index in [-0.39, 0.29) is 11.5 Å². The molecule has 1 aliphatic rings. The molecule has 1 aromatic carbocycles. The highest BCUT2D eigenvalue weighted by molar-refractivity contribution is 5.77. The van der Waals surface area contributed by atoms with E-state index in [9.17, 15) is 18.0 Å². The van der Waals surface area contributed by atoms with Gasteiger partial charge in [0.25, 0.3) is 0 Å². The van der Waals surface area contributed by atoms with Crippen LogP contribution in [0.5, 0.6) is 0 Å². The Morgan fingerprint density at radius 2 is 1.88 bits per heavy atom. The van der Waals surface area contributed by atoms with E-state index in [0.717, 1.165) is 11.1 Å². The van der Waals surface area contributed by atoms with Gasteiger partial charge in [-0.15, -0.1) is 0 Å². The van der Waals surface area contributed by atoms with Crippen molar-refractivity contribution >= 4 is 5.91 Å². The van der Waals surface area contributed by atoms with Crippen LogP contribution < -0.4 is 0 Å². The third-order valence-electron chi connectivity index (χ3n) is 4.20. The fourth-order valence-electron chi connectivity index (χ4n) is 2.97. The monoisotopic (exact) mass is 334 g/mol. The van der Waals surface area contributed by atoms with E-state index < -0.39 is 11.9 Å². The molecule has 0 spiro atoms. The number of carbonyl (C=O) groups is 1. The maximum absolute atomic E-state index is 13.3. The molecule has 0 aliphatic carbocycles. The number of fused-ring (bicyclic) bond motifs is 1. The molecule has 1 aromatic heterocycles. The van der Waals surface area contributed by atoms with Crippen LogP contribution >= 0.6 is 0 Å². The van der Waals surface area contributed by atoms with Crippen LogP contribution in [0.4, 0.5) is 13.2 Å². The van der Waals surface area contributed by atoms with Gasteiger partial charge in [0.15, 0.2) is 5.69 Å². The van der Waals surface area contributed by atoms with Gasteiger partial charge in [0.05, 0.1) is 0 Å². The third kappa shape index (κ3) is 3.00. The molecule has 2 heterocycles. The molecule has 0 N–H and O–H groups in total. The molecule has 0 radical (unpaired) electrons. The Morgan fingerprint density at radius 3 is 2.54 bits per heavy atom. The van der Waals surface area contributed by atoms with Gasteiger partial charge in [-0.2, -0.15) is 13.2 Å². The maximum Gasteiger partial charge on any atom is 0.433 e. The predicted molar refractivity (Wildman–Crippen MR) is 84.0 cm³/mol. The molecule has 0 bridgehead atoms. The molecule has 0 fully saturated rings. The second-order valence-electron chi connectivity index (χ2n) is 5.93. The molecule has 3 rings (SSSR count). The van der Waals surface area contributed by atoms with Crippen molar-refractivity contribution in [3.63, 3.8) is 0 Å². The van der Waals surface area contributed by atoms with E-state index in [1.807, 2.05) is 0 Å². The molecular weight excluding hydrogens is 317 g/mol. The SMILES string of the molecule is CCC(=O)N1Cc2ccc(-c3ccc(C)nc3C(F)(F)F)cc2C1. The van der Waals surface area contributed by atoms with Crippen molar-refractivity contribution in [1.29, 1.82) is 0 Å². The highest BCUT2D eigenvalue weighted by atomic mass is 19.4. The molecular formula is C18H17F3N2O. The third-order valence-corrected chi connectivity index (χ3v) is 4.20. The average Bonchev–Trinajstić information content (AvgIpc) is 2.96. The Bertz CT molecular complexity index is 799. The topological polar surface area (TPSA) is 33.2 Å². The number of pyridine rings is 1. The zero-order valence-electron chi connectivity index (χ0n) is 13.4. The van der Waals surface area contributed by atoms with Crippen molar-refractivity contribution in [3.05, 3.63) is 52.8 Å². The highest BCUT2D eigenvalue weighted by Gasteiger charge is 2.36. The van der Waals surface area contributed by atoms with Crippen molar-refractivity contribution < 1.29 is 18.0 Å². The van der Waals surface area contributed by atoms with Crippen LogP contribution in [0, 0.1) is 6.92 Å². The molecule has 24 heavy (non-hydrogen) atoms. The number of hydrogen-bond acceptors (Lipinski definition) is 2. The van der Waals surface area contributed by atoms with Gasteiger partial charge in [-0.25, -0.2) is 4.98 Å². The number of aryl methyl sites for hydroxylation is 1. The lowest BCUT2D eigenvalue weighted by Crippen LogP contribution is -2.23. The summed E-state index contributed by atoms with van der Waals surface area (Å²) in [5, 5.41) is 0. The molecule has 0 saturated heterocycles. The number of carbonyl (C=O) groups excluding carboxylic acids is 1. The lowest BCUT2D eigenvalue weighted by Gasteiger charge is -2.14. The van der Waals surface area contributed by atoms with E-state index in [1.165, 1.54) is 13.0 Å². The van der Waals surface area contributed by atoms with Crippen molar-refractivity contribution in [2.75, 3.05) is 0 Å². The number of aromatic nitrogens is 1. The lowest BCUT2D eigenvalue weighted by atomic mass is 9.99. The van der Waals surface area contributed by atoms with Gasteiger partial charge in [0.1, 0.15) is 0 Å². The minimum Gasteiger partial charge on any atom is -0.334 e. The summed E-state index contributed by atoms with van der Waals surface area (Å²) >= 11 is 0. The van der Waals surface area contributed by atoms with Gasteiger partial charge in [-0.05, 0) is 35.7 Å². The minimum absolute atomic E-state index is 0.0423. The molecule has 6 heteroatoms. The van der Waals surface area contributed by atoms with E-state index in [2.05, 4.69) is 4.98 Å². The number of rotatable bonds is 2. The summed E-state index contributed by atoms with van der Waals surface area (Å²) in [6, 6.07) is 8.23. The molecule has 3 nitrogen and oxygen atoms in total. The number of benzene rings is 1.